The van der Waals surface area contributed by atoms with Crippen LogP contribution >= 0.6 is 0 Å². The highest BCUT2D eigenvalue weighted by Crippen LogP contribution is 2.18. The van der Waals surface area contributed by atoms with E-state index in [1.807, 2.05) is 19.1 Å². The molecule has 0 spiro atoms. The van der Waals surface area contributed by atoms with Gasteiger partial charge in [0.05, 0.1) is 0 Å². The second-order valence-electron chi connectivity index (χ2n) is 5.84. The molecule has 0 saturated heterocycles. The van der Waals surface area contributed by atoms with Crippen molar-refractivity contribution >= 4 is 17.4 Å². The third kappa shape index (κ3) is 4.18. The van der Waals surface area contributed by atoms with Gasteiger partial charge in [0, 0.05) is 24.1 Å². The maximum absolute atomic E-state index is 14.1. The summed E-state index contributed by atoms with van der Waals surface area (Å²) in [5.41, 5.74) is 2.19. The van der Waals surface area contributed by atoms with E-state index < -0.39 is 5.82 Å². The summed E-state index contributed by atoms with van der Waals surface area (Å²) in [6, 6.07) is 11.5. The highest BCUT2D eigenvalue weighted by atomic mass is 19.1. The van der Waals surface area contributed by atoms with Crippen molar-refractivity contribution in [3.8, 4) is 5.69 Å². The van der Waals surface area contributed by atoms with Crippen molar-refractivity contribution in [1.82, 2.24) is 14.8 Å². The van der Waals surface area contributed by atoms with Gasteiger partial charge in [-0.1, -0.05) is 29.8 Å². The Hall–Kier alpha value is -3.35. The summed E-state index contributed by atoms with van der Waals surface area (Å²) in [5.74, 6) is -0.991. The fraction of sp³-hybridized carbons (Fsp3) is 0.158. The van der Waals surface area contributed by atoms with Gasteiger partial charge in [0.1, 0.15) is 18.3 Å². The number of Topliss-reactive ketones (excluding diaryl/α,β-unsaturated/α-hetero) is 1. The van der Waals surface area contributed by atoms with E-state index in [-0.39, 0.29) is 30.2 Å². The Kier molecular flexibility index (Phi) is 5.17. The van der Waals surface area contributed by atoms with Gasteiger partial charge in [-0.2, -0.15) is 5.10 Å². The predicted molar refractivity (Wildman–Crippen MR) is 94.7 cm³/mol. The number of hydrogen-bond acceptors (Lipinski definition) is 4. The Bertz CT molecular complexity index is 921. The molecule has 1 N–H and O–H groups in total. The summed E-state index contributed by atoms with van der Waals surface area (Å²) in [4.78, 5) is 27.9. The number of carbonyl (C=O) groups is 2. The van der Waals surface area contributed by atoms with E-state index in [1.54, 1.807) is 18.2 Å². The smallest absolute Gasteiger partial charge is 0.224 e. The lowest BCUT2D eigenvalue weighted by atomic mass is 10.0. The first-order chi connectivity index (χ1) is 12.5. The summed E-state index contributed by atoms with van der Waals surface area (Å²) in [5, 5.41) is 6.46. The number of rotatable bonds is 6. The van der Waals surface area contributed by atoms with Crippen LogP contribution in [0, 0.1) is 12.7 Å². The van der Waals surface area contributed by atoms with Gasteiger partial charge in [-0.3, -0.25) is 9.59 Å². The van der Waals surface area contributed by atoms with Crippen molar-refractivity contribution in [3.63, 3.8) is 0 Å². The van der Waals surface area contributed by atoms with Crippen molar-refractivity contribution in [2.75, 3.05) is 5.32 Å². The van der Waals surface area contributed by atoms with Crippen LogP contribution in [0.5, 0.6) is 0 Å². The Morgan fingerprint density at radius 3 is 2.54 bits per heavy atom. The SMILES string of the molecule is Cc1ccc(C(=O)CCC(=O)Nc2ccc(-n3cncn3)c(F)c2)cc1. The molecule has 0 aliphatic rings. The van der Waals surface area contributed by atoms with Crippen LogP contribution in [0.2, 0.25) is 0 Å². The summed E-state index contributed by atoms with van der Waals surface area (Å²) in [7, 11) is 0. The van der Waals surface area contributed by atoms with E-state index in [0.29, 0.717) is 11.3 Å². The normalized spacial score (nSPS) is 10.5. The second-order valence-corrected chi connectivity index (χ2v) is 5.84. The van der Waals surface area contributed by atoms with Crippen LogP contribution in [0.3, 0.4) is 0 Å². The molecule has 0 aliphatic carbocycles. The van der Waals surface area contributed by atoms with Crippen LogP contribution in [0.4, 0.5) is 10.1 Å². The third-order valence-electron chi connectivity index (χ3n) is 3.85. The Balaban J connectivity index is 1.57. The summed E-state index contributed by atoms with van der Waals surface area (Å²) >= 11 is 0. The Labute approximate surface area is 149 Å². The molecule has 1 heterocycles. The Morgan fingerprint density at radius 1 is 1.12 bits per heavy atom. The molecule has 0 saturated carbocycles. The number of ketones is 1. The zero-order valence-electron chi connectivity index (χ0n) is 14.1. The van der Waals surface area contributed by atoms with Crippen LogP contribution in [0.25, 0.3) is 5.69 Å². The van der Waals surface area contributed by atoms with E-state index in [9.17, 15) is 14.0 Å². The van der Waals surface area contributed by atoms with Crippen molar-refractivity contribution in [3.05, 3.63) is 72.1 Å². The molecule has 6 nitrogen and oxygen atoms in total. The lowest BCUT2D eigenvalue weighted by Gasteiger charge is -2.08. The number of amides is 1. The van der Waals surface area contributed by atoms with Gasteiger partial charge >= 0.3 is 0 Å². The lowest BCUT2D eigenvalue weighted by molar-refractivity contribution is -0.116. The minimum Gasteiger partial charge on any atom is -0.326 e. The molecule has 0 radical (unpaired) electrons. The molecule has 2 aromatic carbocycles. The molecule has 26 heavy (non-hydrogen) atoms. The van der Waals surface area contributed by atoms with E-state index in [4.69, 9.17) is 0 Å². The van der Waals surface area contributed by atoms with Crippen molar-refractivity contribution in [1.29, 1.82) is 0 Å². The van der Waals surface area contributed by atoms with E-state index in [0.717, 1.165) is 5.56 Å². The zero-order valence-corrected chi connectivity index (χ0v) is 14.1. The molecule has 1 aromatic heterocycles. The maximum Gasteiger partial charge on any atom is 0.224 e. The van der Waals surface area contributed by atoms with E-state index >= 15 is 0 Å². The minimum atomic E-state index is -0.538. The molecular formula is C19H17FN4O2. The van der Waals surface area contributed by atoms with E-state index in [2.05, 4.69) is 15.4 Å². The number of carbonyl (C=O) groups excluding carboxylic acids is 2. The Morgan fingerprint density at radius 2 is 1.88 bits per heavy atom. The number of nitrogens with one attached hydrogen (secondary N) is 1. The molecule has 0 fully saturated rings. The summed E-state index contributed by atoms with van der Waals surface area (Å²) in [6.07, 6.45) is 2.81. The van der Waals surface area contributed by atoms with Gasteiger partial charge in [0.25, 0.3) is 0 Å². The standard InChI is InChI=1S/C19H17FN4O2/c1-13-2-4-14(5-3-13)18(25)8-9-19(26)23-15-6-7-17(16(20)10-15)24-12-21-11-22-24/h2-7,10-12H,8-9H2,1H3,(H,23,26). The molecule has 3 aromatic rings. The highest BCUT2D eigenvalue weighted by molar-refractivity contribution is 6.00. The molecule has 3 rings (SSSR count). The van der Waals surface area contributed by atoms with Crippen LogP contribution in [0.1, 0.15) is 28.8 Å². The summed E-state index contributed by atoms with van der Waals surface area (Å²) in [6.45, 7) is 1.94. The average Bonchev–Trinajstić information content (AvgIpc) is 3.15. The van der Waals surface area contributed by atoms with Crippen LogP contribution in [-0.4, -0.2) is 26.5 Å². The fourth-order valence-corrected chi connectivity index (χ4v) is 2.44. The van der Waals surface area contributed by atoms with Gasteiger partial charge in [0.15, 0.2) is 11.6 Å². The van der Waals surface area contributed by atoms with Crippen LogP contribution < -0.4 is 5.32 Å². The number of hydrogen-bond donors (Lipinski definition) is 1. The van der Waals surface area contributed by atoms with Gasteiger partial charge < -0.3 is 5.32 Å². The molecule has 0 atom stereocenters. The molecule has 132 valence electrons. The minimum absolute atomic E-state index is 0.0269. The maximum atomic E-state index is 14.1. The van der Waals surface area contributed by atoms with Crippen LogP contribution in [0.15, 0.2) is 55.1 Å². The van der Waals surface area contributed by atoms with Crippen LogP contribution in [-0.2, 0) is 4.79 Å². The monoisotopic (exact) mass is 352 g/mol. The number of benzene rings is 2. The fourth-order valence-electron chi connectivity index (χ4n) is 2.44. The quantitative estimate of drug-likeness (QED) is 0.691. The largest absolute Gasteiger partial charge is 0.326 e. The third-order valence-corrected chi connectivity index (χ3v) is 3.85. The first kappa shape index (κ1) is 17.5. The summed E-state index contributed by atoms with van der Waals surface area (Å²) < 4.78 is 15.4. The van der Waals surface area contributed by atoms with Crippen molar-refractivity contribution in [2.24, 2.45) is 0 Å². The first-order valence-corrected chi connectivity index (χ1v) is 8.07. The molecule has 0 bridgehead atoms. The molecule has 0 aliphatic heterocycles. The van der Waals surface area contributed by atoms with E-state index in [1.165, 1.54) is 29.5 Å². The van der Waals surface area contributed by atoms with Gasteiger partial charge in [-0.25, -0.2) is 14.1 Å². The van der Waals surface area contributed by atoms with Gasteiger partial charge in [-0.15, -0.1) is 0 Å². The van der Waals surface area contributed by atoms with Gasteiger partial charge in [0.2, 0.25) is 5.91 Å². The second kappa shape index (κ2) is 7.69. The molecule has 0 unspecified atom stereocenters. The zero-order chi connectivity index (χ0) is 18.5. The molecule has 7 heteroatoms. The van der Waals surface area contributed by atoms with Crippen molar-refractivity contribution < 1.29 is 14.0 Å². The average molecular weight is 352 g/mol. The highest BCUT2D eigenvalue weighted by Gasteiger charge is 2.11. The topological polar surface area (TPSA) is 76.9 Å². The number of anilines is 1. The van der Waals surface area contributed by atoms with Crippen molar-refractivity contribution in [2.45, 2.75) is 19.8 Å². The lowest BCUT2D eigenvalue weighted by Crippen LogP contribution is -2.14. The number of aromatic nitrogens is 3. The molecule has 1 amide bonds. The van der Waals surface area contributed by atoms with Gasteiger partial charge in [-0.05, 0) is 25.1 Å². The molecular weight excluding hydrogens is 335 g/mol. The number of halogens is 1. The first-order valence-electron chi connectivity index (χ1n) is 8.07. The predicted octanol–water partition coefficient (Wildman–Crippen LogP) is 3.32. The number of nitrogens with zero attached hydrogens (tertiary/aromatic N) is 3. The number of aryl methyl sites for hydroxylation is 1.